The molecule has 2 nitrogen and oxygen atoms in total. The molecule has 2 unspecified atom stereocenters. The van der Waals surface area contributed by atoms with Gasteiger partial charge in [-0.05, 0) is 68.4 Å². The molecule has 0 aromatic heterocycles. The summed E-state index contributed by atoms with van der Waals surface area (Å²) in [5.74, 6) is 1.95. The van der Waals surface area contributed by atoms with Crippen molar-refractivity contribution in [1.29, 1.82) is 0 Å². The summed E-state index contributed by atoms with van der Waals surface area (Å²) in [5, 5.41) is 2.87. The molecule has 0 aliphatic rings. The van der Waals surface area contributed by atoms with Gasteiger partial charge in [-0.15, -0.1) is 0 Å². The normalized spacial score (nSPS) is 12.3. The Balaban J connectivity index is 1.31. The van der Waals surface area contributed by atoms with Crippen LogP contribution >= 0.6 is 15.8 Å². The van der Waals surface area contributed by atoms with Crippen LogP contribution in [0.15, 0.2) is 158 Å². The maximum atomic E-state index is 5.81. The van der Waals surface area contributed by atoms with Crippen LogP contribution in [0.2, 0.25) is 0 Å². The number of benzene rings is 6. The van der Waals surface area contributed by atoms with Crippen LogP contribution < -0.4 is 20.1 Å². The van der Waals surface area contributed by atoms with Gasteiger partial charge in [0, 0.05) is 12.3 Å². The first kappa shape index (κ1) is 31.7. The fourth-order valence-corrected chi connectivity index (χ4v) is 11.5. The number of ether oxygens (including phenoxy) is 2. The molecule has 6 aromatic rings. The first-order chi connectivity index (χ1) is 22.7. The van der Waals surface area contributed by atoms with E-state index in [1.165, 1.54) is 44.0 Å². The van der Waals surface area contributed by atoms with Crippen LogP contribution in [0.5, 0.6) is 11.5 Å². The van der Waals surface area contributed by atoms with Crippen LogP contribution in [0.4, 0.5) is 0 Å². The standard InChI is InChI=1S/C42H40O2P2/c1-43-41-19-11-9-17-37(41)31-45(39-25-21-35(22-26-39)33-13-5-3-6-14-33)29-30-46(32-38-18-10-12-20-42(38)44-2)40-27-23-36(24-28-40)34-15-7-4-8-16-34/h3-28H,29-32H2,1-2H3. The lowest BCUT2D eigenvalue weighted by molar-refractivity contribution is 0.411. The largest absolute Gasteiger partial charge is 0.496 e. The van der Waals surface area contributed by atoms with Crippen molar-refractivity contribution >= 4 is 26.5 Å². The van der Waals surface area contributed by atoms with E-state index in [9.17, 15) is 0 Å². The quantitative estimate of drug-likeness (QED) is 0.117. The van der Waals surface area contributed by atoms with E-state index in [0.29, 0.717) is 0 Å². The topological polar surface area (TPSA) is 18.5 Å². The smallest absolute Gasteiger partial charge is 0.122 e. The molecule has 0 saturated carbocycles. The predicted molar refractivity (Wildman–Crippen MR) is 200 cm³/mol. The lowest BCUT2D eigenvalue weighted by atomic mass is 10.1. The molecule has 46 heavy (non-hydrogen) atoms. The van der Waals surface area contributed by atoms with Gasteiger partial charge in [0.05, 0.1) is 14.2 Å². The second kappa shape index (κ2) is 15.9. The molecular formula is C42H40O2P2. The van der Waals surface area contributed by atoms with Crippen molar-refractivity contribution < 1.29 is 9.47 Å². The average molecular weight is 639 g/mol. The Hall–Kier alpha value is -4.22. The van der Waals surface area contributed by atoms with Gasteiger partial charge >= 0.3 is 0 Å². The number of methoxy groups -OCH3 is 2. The zero-order valence-electron chi connectivity index (χ0n) is 26.6. The molecular weight excluding hydrogens is 598 g/mol. The van der Waals surface area contributed by atoms with E-state index in [-0.39, 0.29) is 0 Å². The Labute approximate surface area is 276 Å². The van der Waals surface area contributed by atoms with E-state index < -0.39 is 15.8 Å². The predicted octanol–water partition coefficient (Wildman–Crippen LogP) is 10.4. The molecule has 4 heteroatoms. The summed E-state index contributed by atoms with van der Waals surface area (Å²) in [4.78, 5) is 0. The third kappa shape index (κ3) is 7.94. The van der Waals surface area contributed by atoms with Crippen LogP contribution in [0, 0.1) is 0 Å². The first-order valence-corrected chi connectivity index (χ1v) is 19.2. The van der Waals surface area contributed by atoms with Gasteiger partial charge in [-0.25, -0.2) is 0 Å². The molecule has 0 amide bonds. The Bertz CT molecular complexity index is 1670. The lowest BCUT2D eigenvalue weighted by Gasteiger charge is -2.25. The summed E-state index contributed by atoms with van der Waals surface area (Å²) in [6.07, 6.45) is 4.27. The molecule has 0 spiro atoms. The number of para-hydroxylation sites is 2. The average Bonchev–Trinajstić information content (AvgIpc) is 3.14. The molecule has 0 fully saturated rings. The van der Waals surface area contributed by atoms with Crippen LogP contribution in [0.1, 0.15) is 11.1 Å². The van der Waals surface area contributed by atoms with Gasteiger partial charge in [0.15, 0.2) is 0 Å². The number of rotatable bonds is 13. The minimum atomic E-state index is -0.481. The van der Waals surface area contributed by atoms with E-state index in [1.54, 1.807) is 14.2 Å². The van der Waals surface area contributed by atoms with Crippen LogP contribution in [0.25, 0.3) is 22.3 Å². The van der Waals surface area contributed by atoms with E-state index in [4.69, 9.17) is 9.47 Å². The number of hydrogen-bond acceptors (Lipinski definition) is 2. The minimum Gasteiger partial charge on any atom is -0.496 e. The summed E-state index contributed by atoms with van der Waals surface area (Å²) in [5.41, 5.74) is 7.58. The van der Waals surface area contributed by atoms with Gasteiger partial charge in [0.25, 0.3) is 0 Å². The van der Waals surface area contributed by atoms with Crippen LogP contribution in [-0.4, -0.2) is 26.5 Å². The number of hydrogen-bond donors (Lipinski definition) is 0. The lowest BCUT2D eigenvalue weighted by Crippen LogP contribution is -2.12. The maximum Gasteiger partial charge on any atom is 0.122 e. The van der Waals surface area contributed by atoms with Crippen molar-refractivity contribution in [2.75, 3.05) is 26.5 Å². The molecule has 2 atom stereocenters. The van der Waals surface area contributed by atoms with Gasteiger partial charge in [-0.1, -0.05) is 161 Å². The van der Waals surface area contributed by atoms with E-state index in [2.05, 4.69) is 158 Å². The highest BCUT2D eigenvalue weighted by atomic mass is 31.1. The summed E-state index contributed by atoms with van der Waals surface area (Å²) in [6, 6.07) is 56.9. The fraction of sp³-hybridized carbons (Fsp3) is 0.143. The van der Waals surface area contributed by atoms with Gasteiger partial charge < -0.3 is 9.47 Å². The van der Waals surface area contributed by atoms with Crippen molar-refractivity contribution in [2.24, 2.45) is 0 Å². The van der Waals surface area contributed by atoms with Crippen molar-refractivity contribution in [1.82, 2.24) is 0 Å². The highest BCUT2D eigenvalue weighted by Crippen LogP contribution is 2.48. The monoisotopic (exact) mass is 638 g/mol. The molecule has 6 aromatic carbocycles. The van der Waals surface area contributed by atoms with Crippen molar-refractivity contribution in [3.05, 3.63) is 169 Å². The second-order valence-corrected chi connectivity index (χ2v) is 16.0. The molecule has 0 bridgehead atoms. The molecule has 230 valence electrons. The Morgan fingerprint density at radius 1 is 0.370 bits per heavy atom. The molecule has 6 rings (SSSR count). The molecule has 0 aliphatic carbocycles. The SMILES string of the molecule is COc1ccccc1CP(CCP(Cc1ccccc1OC)c1ccc(-c2ccccc2)cc1)c1ccc(-c2ccccc2)cc1. The molecule has 0 N–H and O–H groups in total. The highest BCUT2D eigenvalue weighted by molar-refractivity contribution is 7.68. The summed E-state index contributed by atoms with van der Waals surface area (Å²) in [6.45, 7) is 0. The van der Waals surface area contributed by atoms with Crippen molar-refractivity contribution in [2.45, 2.75) is 12.3 Å². The third-order valence-corrected chi connectivity index (χ3v) is 13.8. The van der Waals surface area contributed by atoms with Crippen molar-refractivity contribution in [3.8, 4) is 33.8 Å². The van der Waals surface area contributed by atoms with Gasteiger partial charge in [0.2, 0.25) is 0 Å². The van der Waals surface area contributed by atoms with Gasteiger partial charge in [0.1, 0.15) is 11.5 Å². The van der Waals surface area contributed by atoms with E-state index in [0.717, 1.165) is 36.1 Å². The molecule has 0 radical (unpaired) electrons. The third-order valence-electron chi connectivity index (χ3n) is 8.43. The van der Waals surface area contributed by atoms with Crippen LogP contribution in [0.3, 0.4) is 0 Å². The summed E-state index contributed by atoms with van der Waals surface area (Å²) < 4.78 is 11.6. The van der Waals surface area contributed by atoms with Gasteiger partial charge in [-0.2, -0.15) is 0 Å². The fourth-order valence-electron chi connectivity index (χ4n) is 5.91. The Morgan fingerprint density at radius 2 is 0.696 bits per heavy atom. The molecule has 0 heterocycles. The van der Waals surface area contributed by atoms with Crippen LogP contribution in [-0.2, 0) is 12.3 Å². The zero-order valence-corrected chi connectivity index (χ0v) is 28.3. The Kier molecular flexibility index (Phi) is 10.9. The molecule has 0 aliphatic heterocycles. The van der Waals surface area contributed by atoms with E-state index in [1.807, 2.05) is 0 Å². The van der Waals surface area contributed by atoms with Crippen molar-refractivity contribution in [3.63, 3.8) is 0 Å². The summed E-state index contributed by atoms with van der Waals surface area (Å²) in [7, 11) is 2.60. The first-order valence-electron chi connectivity index (χ1n) is 15.8. The molecule has 0 saturated heterocycles. The zero-order chi connectivity index (χ0) is 31.6. The second-order valence-electron chi connectivity index (χ2n) is 11.3. The maximum absolute atomic E-state index is 5.81. The van der Waals surface area contributed by atoms with Gasteiger partial charge in [-0.3, -0.25) is 0 Å². The van der Waals surface area contributed by atoms with E-state index >= 15 is 0 Å². The minimum absolute atomic E-state index is 0.481. The Morgan fingerprint density at radius 3 is 1.07 bits per heavy atom. The summed E-state index contributed by atoms with van der Waals surface area (Å²) >= 11 is 0. The highest BCUT2D eigenvalue weighted by Gasteiger charge is 2.20.